The Morgan fingerprint density at radius 3 is 2.89 bits per heavy atom. The number of benzene rings is 1. The molecular weight excluding hydrogens is 506 g/mol. The summed E-state index contributed by atoms with van der Waals surface area (Å²) in [4.78, 5) is 25.7. The van der Waals surface area contributed by atoms with Gasteiger partial charge in [-0.25, -0.2) is 13.8 Å². The molecule has 4 aromatic rings. The van der Waals surface area contributed by atoms with Crippen LogP contribution >= 0.6 is 11.6 Å². The summed E-state index contributed by atoms with van der Waals surface area (Å²) >= 11 is 6.04. The third-order valence-electron chi connectivity index (χ3n) is 6.29. The fourth-order valence-electron chi connectivity index (χ4n) is 4.61. The molecule has 13 heteroatoms. The Morgan fingerprint density at radius 1 is 1.24 bits per heavy atom. The number of imidazole rings is 1. The maximum atomic E-state index is 15.5. The number of amides is 1. The molecule has 0 spiro atoms. The molecule has 3 aromatic heterocycles. The van der Waals surface area contributed by atoms with E-state index in [-0.39, 0.29) is 57.5 Å². The highest BCUT2D eigenvalue weighted by Crippen LogP contribution is 2.44. The topological polar surface area (TPSA) is 126 Å². The number of tetrazole rings is 1. The van der Waals surface area contributed by atoms with Crippen LogP contribution in [0.4, 0.5) is 8.78 Å². The van der Waals surface area contributed by atoms with Gasteiger partial charge in [0, 0.05) is 32.2 Å². The lowest BCUT2D eigenvalue weighted by molar-refractivity contribution is -0.129. The number of halogens is 3. The second-order valence-corrected chi connectivity index (χ2v) is 8.77. The van der Waals surface area contributed by atoms with Crippen LogP contribution in [0.15, 0.2) is 43.0 Å². The summed E-state index contributed by atoms with van der Waals surface area (Å²) < 4.78 is 58.6. The van der Waals surface area contributed by atoms with Crippen LogP contribution in [-0.2, 0) is 11.4 Å². The first kappa shape index (κ1) is 20.1. The van der Waals surface area contributed by atoms with Crippen LogP contribution in [0, 0.1) is 11.6 Å². The van der Waals surface area contributed by atoms with Crippen LogP contribution in [0.1, 0.15) is 46.5 Å². The SMILES string of the molecule is [2H]C1([2H])C(c2c(-n3cnnn3)ccc(Cl)c2F)=CC(=O)N2[C@H](c3ncc(-c4ccnc(CO)c4F)[nH]3)CC[C@@]21[2H]. The molecule has 1 amide bonds. The number of carbonyl (C=O) groups excluding carboxylic acids is 1. The summed E-state index contributed by atoms with van der Waals surface area (Å²) in [5, 5.41) is 19.9. The molecular formula is C24H19ClF2N8O2. The molecule has 1 aromatic carbocycles. The molecule has 0 unspecified atom stereocenters. The maximum absolute atomic E-state index is 15.5. The molecule has 1 fully saturated rings. The number of nitrogens with one attached hydrogen (secondary N) is 1. The zero-order valence-corrected chi connectivity index (χ0v) is 19.6. The van der Waals surface area contributed by atoms with Crippen molar-refractivity contribution < 1.29 is 22.8 Å². The van der Waals surface area contributed by atoms with Gasteiger partial charge in [-0.15, -0.1) is 5.10 Å². The number of rotatable bonds is 5. The highest BCUT2D eigenvalue weighted by Gasteiger charge is 2.42. The third-order valence-corrected chi connectivity index (χ3v) is 6.58. The molecule has 6 rings (SSSR count). The standard InChI is InChI=1S/C24H19ClF2N8O2/c25-15-2-4-18(34-11-30-32-33-34)21(23(15)27)12-7-13-1-3-19(35(13)20(37)8-12)24-29-9-16(31-24)14-5-6-28-17(10-36)22(14)26/h2,4-6,8-9,11,13,19,36H,1,3,7,10H2,(H,29,31)/t13-,19+/m1/s1/i7D2,13D. The fraction of sp³-hybridized carbons (Fsp3) is 0.250. The molecule has 2 N–H and O–H groups in total. The van der Waals surface area contributed by atoms with Crippen molar-refractivity contribution in [2.24, 2.45) is 0 Å². The van der Waals surface area contributed by atoms with Crippen molar-refractivity contribution in [3.63, 3.8) is 0 Å². The van der Waals surface area contributed by atoms with Crippen LogP contribution in [0.3, 0.4) is 0 Å². The predicted octanol–water partition coefficient (Wildman–Crippen LogP) is 3.39. The quantitative estimate of drug-likeness (QED) is 0.407. The Balaban J connectivity index is 1.43. The number of carbonyl (C=O) groups is 1. The molecule has 2 aliphatic rings. The molecule has 37 heavy (non-hydrogen) atoms. The van der Waals surface area contributed by atoms with Crippen LogP contribution in [0.25, 0.3) is 22.5 Å². The average Bonchev–Trinajstić information content (AvgIpc) is 3.69. The lowest BCUT2D eigenvalue weighted by atomic mass is 9.92. The van der Waals surface area contributed by atoms with E-state index < -0.39 is 42.6 Å². The van der Waals surface area contributed by atoms with Gasteiger partial charge in [-0.05, 0) is 53.4 Å². The first-order valence-electron chi connectivity index (χ1n) is 12.6. The predicted molar refractivity (Wildman–Crippen MR) is 127 cm³/mol. The van der Waals surface area contributed by atoms with Gasteiger partial charge in [0.05, 0.1) is 36.6 Å². The minimum Gasteiger partial charge on any atom is -0.390 e. The van der Waals surface area contributed by atoms with Crippen molar-refractivity contribution in [3.8, 4) is 16.9 Å². The molecule has 0 radical (unpaired) electrons. The van der Waals surface area contributed by atoms with E-state index in [4.69, 9.17) is 14.3 Å². The Bertz CT molecular complexity index is 1680. The molecule has 188 valence electrons. The summed E-state index contributed by atoms with van der Waals surface area (Å²) in [6.45, 7) is -0.598. The smallest absolute Gasteiger partial charge is 0.247 e. The molecule has 2 atom stereocenters. The number of fused-ring (bicyclic) bond motifs is 1. The first-order chi connectivity index (χ1) is 19.1. The molecule has 1 saturated heterocycles. The molecule has 5 heterocycles. The van der Waals surface area contributed by atoms with Crippen molar-refractivity contribution in [1.82, 2.24) is 40.1 Å². The zero-order chi connectivity index (χ0) is 28.4. The molecule has 10 nitrogen and oxygen atoms in total. The van der Waals surface area contributed by atoms with Gasteiger partial charge in [-0.1, -0.05) is 11.6 Å². The third kappa shape index (κ3) is 3.89. The molecule has 0 saturated carbocycles. The van der Waals surface area contributed by atoms with Crippen molar-refractivity contribution in [1.29, 1.82) is 0 Å². The lowest BCUT2D eigenvalue weighted by Gasteiger charge is -2.33. The minimum atomic E-state index is -2.58. The number of hydrogen-bond donors (Lipinski definition) is 2. The highest BCUT2D eigenvalue weighted by atomic mass is 35.5. The van der Waals surface area contributed by atoms with E-state index in [9.17, 15) is 15.7 Å². The van der Waals surface area contributed by atoms with E-state index >= 15 is 4.39 Å². The summed E-state index contributed by atoms with van der Waals surface area (Å²) in [6.07, 6.45) is 2.29. The summed E-state index contributed by atoms with van der Waals surface area (Å²) in [7, 11) is 0. The molecule has 0 aliphatic carbocycles. The van der Waals surface area contributed by atoms with Gasteiger partial charge in [0.25, 0.3) is 0 Å². The van der Waals surface area contributed by atoms with Crippen molar-refractivity contribution >= 4 is 23.1 Å². The zero-order valence-electron chi connectivity index (χ0n) is 21.9. The molecule has 2 aliphatic heterocycles. The molecule has 0 bridgehead atoms. The Labute approximate surface area is 217 Å². The lowest BCUT2D eigenvalue weighted by Crippen LogP contribution is -2.39. The normalized spacial score (nSPS) is 23.8. The second kappa shape index (κ2) is 9.12. The van der Waals surface area contributed by atoms with Crippen molar-refractivity contribution in [3.05, 3.63) is 76.7 Å². The largest absolute Gasteiger partial charge is 0.390 e. The second-order valence-electron chi connectivity index (χ2n) is 8.36. The van der Waals surface area contributed by atoms with Gasteiger partial charge in [0.2, 0.25) is 5.91 Å². The van der Waals surface area contributed by atoms with Crippen molar-refractivity contribution in [2.75, 3.05) is 0 Å². The Morgan fingerprint density at radius 2 is 2.11 bits per heavy atom. The first-order valence-corrected chi connectivity index (χ1v) is 11.5. The Hall–Kier alpha value is -4.03. The van der Waals surface area contributed by atoms with E-state index in [1.54, 1.807) is 0 Å². The summed E-state index contributed by atoms with van der Waals surface area (Å²) in [5.41, 5.74) is -0.457. The van der Waals surface area contributed by atoms with E-state index in [0.29, 0.717) is 0 Å². The summed E-state index contributed by atoms with van der Waals surface area (Å²) in [5.74, 6) is -2.24. The number of pyridine rings is 1. The highest BCUT2D eigenvalue weighted by molar-refractivity contribution is 6.31. The fourth-order valence-corrected chi connectivity index (χ4v) is 4.76. The van der Waals surface area contributed by atoms with Crippen LogP contribution in [0.5, 0.6) is 0 Å². The van der Waals surface area contributed by atoms with Gasteiger partial charge in [-0.2, -0.15) is 4.68 Å². The van der Waals surface area contributed by atoms with Crippen LogP contribution in [-0.4, -0.2) is 57.1 Å². The number of hydrogen-bond acceptors (Lipinski definition) is 7. The number of aliphatic hydroxyl groups excluding tert-OH is 1. The van der Waals surface area contributed by atoms with Crippen LogP contribution in [0.2, 0.25) is 5.02 Å². The van der Waals surface area contributed by atoms with E-state index in [0.717, 1.165) is 15.7 Å². The van der Waals surface area contributed by atoms with E-state index in [2.05, 4.69) is 30.5 Å². The average molecular weight is 528 g/mol. The monoisotopic (exact) mass is 527 g/mol. The number of aromatic nitrogens is 7. The maximum Gasteiger partial charge on any atom is 0.247 e. The van der Waals surface area contributed by atoms with Gasteiger partial charge >= 0.3 is 0 Å². The Kier molecular flexibility index (Phi) is 4.95. The van der Waals surface area contributed by atoms with E-state index in [1.165, 1.54) is 36.9 Å². The number of aromatic amines is 1. The summed E-state index contributed by atoms with van der Waals surface area (Å²) in [6, 6.07) is 1.05. The van der Waals surface area contributed by atoms with Gasteiger partial charge in [0.1, 0.15) is 17.8 Å². The van der Waals surface area contributed by atoms with Crippen LogP contribution < -0.4 is 0 Å². The minimum absolute atomic E-state index is 0.0405. The van der Waals surface area contributed by atoms with Crippen molar-refractivity contribution in [2.45, 2.75) is 37.9 Å². The number of nitrogens with zero attached hydrogens (tertiary/aromatic N) is 7. The van der Waals surface area contributed by atoms with E-state index in [1.807, 2.05) is 0 Å². The van der Waals surface area contributed by atoms with Gasteiger partial charge in [-0.3, -0.25) is 9.78 Å². The number of aliphatic hydroxyl groups is 1. The number of H-pyrrole nitrogens is 1. The van der Waals surface area contributed by atoms with Gasteiger partial charge in [0.15, 0.2) is 11.6 Å². The van der Waals surface area contributed by atoms with Gasteiger partial charge < -0.3 is 15.0 Å².